The molecule has 0 aromatic heterocycles. The Morgan fingerprint density at radius 3 is 2.41 bits per heavy atom. The van der Waals surface area contributed by atoms with Crippen molar-refractivity contribution in [2.45, 2.75) is 0 Å². The lowest BCUT2D eigenvalue weighted by atomic mass is 10.2. The van der Waals surface area contributed by atoms with Gasteiger partial charge in [0.15, 0.2) is 6.61 Å². The number of carbonyl (C=O) groups is 2. The van der Waals surface area contributed by atoms with Crippen LogP contribution in [0.5, 0.6) is 0 Å². The Kier molecular flexibility index (Phi) is 6.55. The third-order valence-corrected chi connectivity index (χ3v) is 4.76. The van der Waals surface area contributed by atoms with Crippen molar-refractivity contribution in [3.8, 4) is 0 Å². The maximum Gasteiger partial charge on any atom is 0.338 e. The van der Waals surface area contributed by atoms with Gasteiger partial charge in [-0.25, -0.2) is 4.79 Å². The molecule has 0 aliphatic carbocycles. The van der Waals surface area contributed by atoms with Crippen molar-refractivity contribution in [2.24, 2.45) is 0 Å². The Balaban J connectivity index is 1.50. The maximum atomic E-state index is 12.0. The number of rotatable bonds is 5. The van der Waals surface area contributed by atoms with E-state index in [0.717, 1.165) is 18.8 Å². The van der Waals surface area contributed by atoms with Gasteiger partial charge in [0.25, 0.3) is 5.91 Å². The summed E-state index contributed by atoms with van der Waals surface area (Å²) in [4.78, 5) is 26.2. The molecular formula is C19H18Cl2N2O4. The van der Waals surface area contributed by atoms with Gasteiger partial charge in [0.1, 0.15) is 0 Å². The number of nitrogens with one attached hydrogen (secondary N) is 1. The monoisotopic (exact) mass is 408 g/mol. The molecule has 0 spiro atoms. The highest BCUT2D eigenvalue weighted by Gasteiger charge is 2.13. The van der Waals surface area contributed by atoms with Crippen molar-refractivity contribution in [2.75, 3.05) is 43.1 Å². The largest absolute Gasteiger partial charge is 0.452 e. The van der Waals surface area contributed by atoms with Crippen LogP contribution in [0.3, 0.4) is 0 Å². The number of carbonyl (C=O) groups excluding carboxylic acids is 2. The predicted molar refractivity (Wildman–Crippen MR) is 105 cm³/mol. The van der Waals surface area contributed by atoms with Crippen LogP contribution in [0.15, 0.2) is 42.5 Å². The normalized spacial score (nSPS) is 13.9. The highest BCUT2D eigenvalue weighted by Crippen LogP contribution is 2.23. The molecular weight excluding hydrogens is 391 g/mol. The number of esters is 1. The molecule has 6 nitrogen and oxygen atoms in total. The van der Waals surface area contributed by atoms with Crippen LogP contribution in [-0.2, 0) is 14.3 Å². The van der Waals surface area contributed by atoms with Crippen LogP contribution in [0.25, 0.3) is 0 Å². The molecule has 2 aromatic rings. The number of anilines is 2. The molecule has 142 valence electrons. The molecule has 0 radical (unpaired) electrons. The molecule has 1 N–H and O–H groups in total. The zero-order valence-corrected chi connectivity index (χ0v) is 15.9. The molecule has 1 saturated heterocycles. The third-order valence-electron chi connectivity index (χ3n) is 4.02. The zero-order valence-electron chi connectivity index (χ0n) is 14.4. The van der Waals surface area contributed by atoms with Gasteiger partial charge in [0.05, 0.1) is 28.8 Å². The summed E-state index contributed by atoms with van der Waals surface area (Å²) in [5.74, 6) is -1.08. The van der Waals surface area contributed by atoms with Gasteiger partial charge in [-0.3, -0.25) is 4.79 Å². The van der Waals surface area contributed by atoms with Crippen molar-refractivity contribution in [1.82, 2.24) is 0 Å². The SMILES string of the molecule is O=C(COC(=O)c1ccc(Cl)c(Cl)c1)Nc1ccc(N2CCOCC2)cc1. The number of halogens is 2. The Morgan fingerprint density at radius 2 is 1.74 bits per heavy atom. The minimum Gasteiger partial charge on any atom is -0.452 e. The van der Waals surface area contributed by atoms with E-state index < -0.39 is 18.5 Å². The number of nitrogens with zero attached hydrogens (tertiary/aromatic N) is 1. The third kappa shape index (κ3) is 5.35. The molecule has 27 heavy (non-hydrogen) atoms. The predicted octanol–water partition coefficient (Wildman–Crippen LogP) is 3.63. The van der Waals surface area contributed by atoms with Crippen molar-refractivity contribution in [3.63, 3.8) is 0 Å². The maximum absolute atomic E-state index is 12.0. The summed E-state index contributed by atoms with van der Waals surface area (Å²) < 4.78 is 10.3. The summed E-state index contributed by atoms with van der Waals surface area (Å²) in [6.07, 6.45) is 0. The van der Waals surface area contributed by atoms with E-state index in [2.05, 4.69) is 10.2 Å². The van der Waals surface area contributed by atoms with Crippen molar-refractivity contribution in [1.29, 1.82) is 0 Å². The van der Waals surface area contributed by atoms with Crippen molar-refractivity contribution >= 4 is 46.5 Å². The van der Waals surface area contributed by atoms with E-state index in [0.29, 0.717) is 23.9 Å². The molecule has 0 unspecified atom stereocenters. The van der Waals surface area contributed by atoms with E-state index in [4.69, 9.17) is 32.7 Å². The lowest BCUT2D eigenvalue weighted by Gasteiger charge is -2.28. The van der Waals surface area contributed by atoms with Crippen molar-refractivity contribution in [3.05, 3.63) is 58.1 Å². The molecule has 1 aliphatic heterocycles. The van der Waals surface area contributed by atoms with Crippen LogP contribution in [0.2, 0.25) is 10.0 Å². The topological polar surface area (TPSA) is 67.9 Å². The molecule has 0 atom stereocenters. The van der Waals surface area contributed by atoms with Crippen molar-refractivity contribution < 1.29 is 19.1 Å². The van der Waals surface area contributed by atoms with E-state index in [9.17, 15) is 9.59 Å². The van der Waals surface area contributed by atoms with E-state index in [1.165, 1.54) is 18.2 Å². The summed E-state index contributed by atoms with van der Waals surface area (Å²) >= 11 is 11.7. The molecule has 3 rings (SSSR count). The van der Waals surface area contributed by atoms with Crippen LogP contribution in [0.1, 0.15) is 10.4 Å². The number of ether oxygens (including phenoxy) is 2. The number of amides is 1. The minimum atomic E-state index is -0.647. The fraction of sp³-hybridized carbons (Fsp3) is 0.263. The van der Waals surface area contributed by atoms with Gasteiger partial charge in [-0.2, -0.15) is 0 Å². The Morgan fingerprint density at radius 1 is 1.04 bits per heavy atom. The van der Waals surface area contributed by atoms with Gasteiger partial charge in [0, 0.05) is 24.5 Å². The van der Waals surface area contributed by atoms with Gasteiger partial charge in [-0.05, 0) is 42.5 Å². The lowest BCUT2D eigenvalue weighted by molar-refractivity contribution is -0.119. The van der Waals surface area contributed by atoms with E-state index in [1.807, 2.05) is 24.3 Å². The first-order chi connectivity index (χ1) is 13.0. The second-order valence-electron chi connectivity index (χ2n) is 5.90. The van der Waals surface area contributed by atoms with E-state index >= 15 is 0 Å². The van der Waals surface area contributed by atoms with E-state index in [-0.39, 0.29) is 10.6 Å². The van der Waals surface area contributed by atoms with Gasteiger partial charge in [0.2, 0.25) is 0 Å². The van der Waals surface area contributed by atoms with Crippen LogP contribution in [0, 0.1) is 0 Å². The summed E-state index contributed by atoms with van der Waals surface area (Å²) in [5.41, 5.74) is 1.93. The molecule has 1 aliphatic rings. The molecule has 0 saturated carbocycles. The minimum absolute atomic E-state index is 0.229. The Labute approximate surface area is 167 Å². The molecule has 8 heteroatoms. The standard InChI is InChI=1S/C19H18Cl2N2O4/c20-16-6-1-13(11-17(16)21)19(25)27-12-18(24)22-14-2-4-15(5-3-14)23-7-9-26-10-8-23/h1-6,11H,7-10,12H2,(H,22,24). The Bertz CT molecular complexity index is 821. The summed E-state index contributed by atoms with van der Waals surface area (Å²) in [6.45, 7) is 2.71. The highest BCUT2D eigenvalue weighted by atomic mass is 35.5. The first-order valence-electron chi connectivity index (χ1n) is 8.38. The summed E-state index contributed by atoms with van der Waals surface area (Å²) in [6, 6.07) is 11.9. The van der Waals surface area contributed by atoms with Crippen LogP contribution in [0.4, 0.5) is 11.4 Å². The van der Waals surface area contributed by atoms with E-state index in [1.54, 1.807) is 0 Å². The molecule has 1 fully saturated rings. The summed E-state index contributed by atoms with van der Waals surface area (Å²) in [7, 11) is 0. The molecule has 0 bridgehead atoms. The number of benzene rings is 2. The smallest absolute Gasteiger partial charge is 0.338 e. The first-order valence-corrected chi connectivity index (χ1v) is 9.13. The van der Waals surface area contributed by atoms with Gasteiger partial charge >= 0.3 is 5.97 Å². The average Bonchev–Trinajstić information content (AvgIpc) is 2.69. The zero-order chi connectivity index (χ0) is 19.2. The second-order valence-corrected chi connectivity index (χ2v) is 6.71. The molecule has 2 aromatic carbocycles. The highest BCUT2D eigenvalue weighted by molar-refractivity contribution is 6.42. The lowest BCUT2D eigenvalue weighted by Crippen LogP contribution is -2.36. The molecule has 1 heterocycles. The second kappa shape index (κ2) is 9.08. The quantitative estimate of drug-likeness (QED) is 0.765. The summed E-state index contributed by atoms with van der Waals surface area (Å²) in [5, 5.41) is 3.28. The fourth-order valence-electron chi connectivity index (χ4n) is 2.61. The molecule has 1 amide bonds. The first kappa shape index (κ1) is 19.5. The van der Waals surface area contributed by atoms with Gasteiger partial charge < -0.3 is 19.7 Å². The number of hydrogen-bond donors (Lipinski definition) is 1. The Hall–Kier alpha value is -2.28. The van der Waals surface area contributed by atoms with Gasteiger partial charge in [-0.1, -0.05) is 23.2 Å². The fourth-order valence-corrected chi connectivity index (χ4v) is 2.91. The van der Waals surface area contributed by atoms with Gasteiger partial charge in [-0.15, -0.1) is 0 Å². The average molecular weight is 409 g/mol. The number of morpholine rings is 1. The van der Waals surface area contributed by atoms with Crippen LogP contribution in [-0.4, -0.2) is 44.8 Å². The van der Waals surface area contributed by atoms with Crippen LogP contribution >= 0.6 is 23.2 Å². The van der Waals surface area contributed by atoms with Crippen LogP contribution < -0.4 is 10.2 Å². The number of hydrogen-bond acceptors (Lipinski definition) is 5.